The van der Waals surface area contributed by atoms with Gasteiger partial charge in [0.15, 0.2) is 5.96 Å². The molecule has 0 rings (SSSR count). The number of hydrogen-bond acceptors (Lipinski definition) is 2. The van der Waals surface area contributed by atoms with E-state index in [1.165, 1.54) is 6.08 Å². The highest BCUT2D eigenvalue weighted by atomic mass is 16.1. The molecule has 0 aromatic rings. The second-order valence-electron chi connectivity index (χ2n) is 2.64. The Hall–Kier alpha value is -1.52. The predicted molar refractivity (Wildman–Crippen MR) is 52.1 cm³/mol. The summed E-state index contributed by atoms with van der Waals surface area (Å²) < 4.78 is 0. The summed E-state index contributed by atoms with van der Waals surface area (Å²) in [6, 6.07) is 0. The van der Waals surface area contributed by atoms with Crippen LogP contribution < -0.4 is 16.8 Å². The number of rotatable bonds is 6. The van der Waals surface area contributed by atoms with Crippen molar-refractivity contribution in [3.8, 4) is 0 Å². The van der Waals surface area contributed by atoms with Crippen LogP contribution in [0.25, 0.3) is 0 Å². The van der Waals surface area contributed by atoms with Crippen molar-refractivity contribution < 1.29 is 4.79 Å². The second kappa shape index (κ2) is 7.15. The van der Waals surface area contributed by atoms with Crippen molar-refractivity contribution in [2.75, 3.05) is 6.54 Å². The summed E-state index contributed by atoms with van der Waals surface area (Å²) in [5, 5.41) is 9.55. The van der Waals surface area contributed by atoms with Gasteiger partial charge in [0.05, 0.1) is 0 Å². The zero-order valence-corrected chi connectivity index (χ0v) is 7.55. The Morgan fingerprint density at radius 2 is 2.08 bits per heavy atom. The molecule has 13 heavy (non-hydrogen) atoms. The number of primary amides is 1. The third kappa shape index (κ3) is 10.5. The summed E-state index contributed by atoms with van der Waals surface area (Å²) in [5.74, 6) is -0.422. The number of guanidine groups is 1. The van der Waals surface area contributed by atoms with Gasteiger partial charge in [-0.25, -0.2) is 0 Å². The largest absolute Gasteiger partial charge is 0.370 e. The zero-order chi connectivity index (χ0) is 10.1. The molecule has 0 fully saturated rings. The normalized spacial score (nSPS) is 10.2. The lowest BCUT2D eigenvalue weighted by molar-refractivity contribution is -0.113. The highest BCUT2D eigenvalue weighted by Gasteiger charge is 1.88. The van der Waals surface area contributed by atoms with Crippen LogP contribution >= 0.6 is 0 Å². The maximum absolute atomic E-state index is 10.3. The Labute approximate surface area is 77.7 Å². The SMILES string of the molecule is N=C(N)NCCCC/C=C/C(N)=O. The van der Waals surface area contributed by atoms with Crippen molar-refractivity contribution in [3.63, 3.8) is 0 Å². The van der Waals surface area contributed by atoms with Crippen LogP contribution in [0.2, 0.25) is 0 Å². The Morgan fingerprint density at radius 3 is 2.62 bits per heavy atom. The molecule has 5 heteroatoms. The van der Waals surface area contributed by atoms with Crippen LogP contribution in [0.3, 0.4) is 0 Å². The minimum absolute atomic E-state index is 0.00678. The molecule has 0 unspecified atom stereocenters. The van der Waals surface area contributed by atoms with Crippen molar-refractivity contribution in [2.24, 2.45) is 11.5 Å². The van der Waals surface area contributed by atoms with Crippen LogP contribution in [0.1, 0.15) is 19.3 Å². The third-order valence-electron chi connectivity index (χ3n) is 1.40. The van der Waals surface area contributed by atoms with Crippen molar-refractivity contribution in [1.82, 2.24) is 5.32 Å². The smallest absolute Gasteiger partial charge is 0.241 e. The lowest BCUT2D eigenvalue weighted by Crippen LogP contribution is -2.30. The topological polar surface area (TPSA) is 105 Å². The van der Waals surface area contributed by atoms with Crippen LogP contribution in [0.15, 0.2) is 12.2 Å². The molecule has 0 saturated heterocycles. The fourth-order valence-corrected chi connectivity index (χ4v) is 0.810. The summed E-state index contributed by atoms with van der Waals surface area (Å²) in [6.07, 6.45) is 5.80. The number of allylic oxidation sites excluding steroid dienone is 1. The fourth-order valence-electron chi connectivity index (χ4n) is 0.810. The molecule has 74 valence electrons. The van der Waals surface area contributed by atoms with Gasteiger partial charge in [0.1, 0.15) is 0 Å². The van der Waals surface area contributed by atoms with E-state index in [0.717, 1.165) is 19.3 Å². The standard InChI is InChI=1S/C8H16N4O/c9-7(13)5-3-1-2-4-6-12-8(10)11/h3,5H,1-2,4,6H2,(H2,9,13)(H4,10,11,12)/b5-3+. The summed E-state index contributed by atoms with van der Waals surface area (Å²) in [4.78, 5) is 10.3. The quantitative estimate of drug-likeness (QED) is 0.197. The highest BCUT2D eigenvalue weighted by Crippen LogP contribution is 1.94. The first kappa shape index (κ1) is 11.5. The van der Waals surface area contributed by atoms with Crippen LogP contribution in [0.5, 0.6) is 0 Å². The van der Waals surface area contributed by atoms with Gasteiger partial charge in [0.25, 0.3) is 0 Å². The molecule has 0 aliphatic carbocycles. The average Bonchev–Trinajstić information content (AvgIpc) is 2.01. The van der Waals surface area contributed by atoms with E-state index in [9.17, 15) is 4.79 Å². The first-order valence-corrected chi connectivity index (χ1v) is 4.17. The monoisotopic (exact) mass is 184 g/mol. The number of unbranched alkanes of at least 4 members (excludes halogenated alkanes) is 2. The summed E-state index contributed by atoms with van der Waals surface area (Å²) in [6.45, 7) is 0.694. The van der Waals surface area contributed by atoms with Crippen molar-refractivity contribution in [3.05, 3.63) is 12.2 Å². The van der Waals surface area contributed by atoms with E-state index >= 15 is 0 Å². The number of carbonyl (C=O) groups excluding carboxylic acids is 1. The van der Waals surface area contributed by atoms with Gasteiger partial charge in [-0.05, 0) is 25.3 Å². The highest BCUT2D eigenvalue weighted by molar-refractivity contribution is 5.85. The molecule has 6 N–H and O–H groups in total. The molecular formula is C8H16N4O. The van der Waals surface area contributed by atoms with Gasteiger partial charge in [0, 0.05) is 6.54 Å². The molecule has 0 aliphatic heterocycles. The first-order valence-electron chi connectivity index (χ1n) is 4.17. The summed E-state index contributed by atoms with van der Waals surface area (Å²) >= 11 is 0. The molecule has 0 aromatic carbocycles. The van der Waals surface area contributed by atoms with Gasteiger partial charge < -0.3 is 16.8 Å². The van der Waals surface area contributed by atoms with Crippen LogP contribution in [0, 0.1) is 5.41 Å². The van der Waals surface area contributed by atoms with Crippen LogP contribution in [-0.4, -0.2) is 18.4 Å². The Bertz CT molecular complexity index is 200. The number of nitrogens with one attached hydrogen (secondary N) is 2. The van der Waals surface area contributed by atoms with E-state index in [-0.39, 0.29) is 5.96 Å². The molecular weight excluding hydrogens is 168 g/mol. The Morgan fingerprint density at radius 1 is 1.38 bits per heavy atom. The van der Waals surface area contributed by atoms with E-state index in [0.29, 0.717) is 6.54 Å². The molecule has 0 atom stereocenters. The Kier molecular flexibility index (Phi) is 6.31. The molecule has 0 bridgehead atoms. The van der Waals surface area contributed by atoms with E-state index in [4.69, 9.17) is 16.9 Å². The summed E-state index contributed by atoms with van der Waals surface area (Å²) in [5.41, 5.74) is 9.96. The minimum Gasteiger partial charge on any atom is -0.370 e. The van der Waals surface area contributed by atoms with E-state index in [2.05, 4.69) is 5.32 Å². The van der Waals surface area contributed by atoms with E-state index in [1.807, 2.05) is 0 Å². The average molecular weight is 184 g/mol. The lowest BCUT2D eigenvalue weighted by Gasteiger charge is -2.00. The fraction of sp³-hybridized carbons (Fsp3) is 0.500. The molecule has 0 aromatic heterocycles. The number of amides is 1. The van der Waals surface area contributed by atoms with Gasteiger partial charge in [-0.2, -0.15) is 0 Å². The maximum Gasteiger partial charge on any atom is 0.241 e. The molecule has 0 spiro atoms. The van der Waals surface area contributed by atoms with Gasteiger partial charge in [-0.3, -0.25) is 10.2 Å². The molecule has 0 aliphatic rings. The Balaban J connectivity index is 3.17. The van der Waals surface area contributed by atoms with Crippen molar-refractivity contribution in [1.29, 1.82) is 5.41 Å². The van der Waals surface area contributed by atoms with Gasteiger partial charge in [-0.1, -0.05) is 6.08 Å². The molecule has 0 radical (unpaired) electrons. The molecule has 1 amide bonds. The molecule has 0 heterocycles. The van der Waals surface area contributed by atoms with E-state index < -0.39 is 5.91 Å². The zero-order valence-electron chi connectivity index (χ0n) is 7.55. The second-order valence-corrected chi connectivity index (χ2v) is 2.64. The summed E-state index contributed by atoms with van der Waals surface area (Å²) in [7, 11) is 0. The van der Waals surface area contributed by atoms with Gasteiger partial charge in [-0.15, -0.1) is 0 Å². The van der Waals surface area contributed by atoms with Crippen molar-refractivity contribution >= 4 is 11.9 Å². The van der Waals surface area contributed by atoms with Gasteiger partial charge >= 0.3 is 0 Å². The number of nitrogens with two attached hydrogens (primary N) is 2. The predicted octanol–water partition coefficient (Wildman–Crippen LogP) is -0.319. The minimum atomic E-state index is -0.415. The number of hydrogen-bond donors (Lipinski definition) is 4. The van der Waals surface area contributed by atoms with Crippen LogP contribution in [-0.2, 0) is 4.79 Å². The lowest BCUT2D eigenvalue weighted by atomic mass is 10.2. The first-order chi connectivity index (χ1) is 6.13. The molecule has 0 saturated carbocycles. The van der Waals surface area contributed by atoms with E-state index in [1.54, 1.807) is 6.08 Å². The van der Waals surface area contributed by atoms with Crippen LogP contribution in [0.4, 0.5) is 0 Å². The third-order valence-corrected chi connectivity index (χ3v) is 1.40. The number of carbonyl (C=O) groups is 1. The van der Waals surface area contributed by atoms with Gasteiger partial charge in [0.2, 0.25) is 5.91 Å². The molecule has 5 nitrogen and oxygen atoms in total. The van der Waals surface area contributed by atoms with Crippen molar-refractivity contribution in [2.45, 2.75) is 19.3 Å². The maximum atomic E-state index is 10.3.